The number of nitrogens with two attached hydrogens (primary N) is 1. The van der Waals surface area contributed by atoms with Crippen molar-refractivity contribution in [2.45, 2.75) is 38.5 Å². The van der Waals surface area contributed by atoms with E-state index < -0.39 is 5.82 Å². The van der Waals surface area contributed by atoms with Gasteiger partial charge in [0.2, 0.25) is 0 Å². The Morgan fingerprint density at radius 1 is 1.19 bits per heavy atom. The highest BCUT2D eigenvalue weighted by Gasteiger charge is 2.37. The molecule has 7 heteroatoms. The second-order valence-electron chi connectivity index (χ2n) is 7.66. The van der Waals surface area contributed by atoms with Gasteiger partial charge in [-0.3, -0.25) is 5.41 Å². The van der Waals surface area contributed by atoms with Gasteiger partial charge in [0.05, 0.1) is 16.9 Å². The second kappa shape index (κ2) is 7.08. The van der Waals surface area contributed by atoms with E-state index in [4.69, 9.17) is 22.7 Å². The largest absolute Gasteiger partial charge is 0.382 e. The first kappa shape index (κ1) is 18.2. The number of nitrogens with one attached hydrogen (secondary N) is 1. The van der Waals surface area contributed by atoms with Crippen molar-refractivity contribution >= 4 is 28.9 Å². The topological polar surface area (TPSA) is 78.9 Å². The highest BCUT2D eigenvalue weighted by Crippen LogP contribution is 2.46. The van der Waals surface area contributed by atoms with Crippen LogP contribution in [0.3, 0.4) is 0 Å². The summed E-state index contributed by atoms with van der Waals surface area (Å²) in [7, 11) is 0. The Kier molecular flexibility index (Phi) is 4.76. The molecule has 0 radical (unpaired) electrons. The normalized spacial score (nSPS) is 18.8. The van der Waals surface area contributed by atoms with Crippen molar-refractivity contribution in [3.8, 4) is 0 Å². The Labute approximate surface area is 163 Å². The molecular formula is C20H23ClFN5. The minimum atomic E-state index is -0.521. The number of anilines is 2. The van der Waals surface area contributed by atoms with Crippen LogP contribution in [0.5, 0.6) is 0 Å². The van der Waals surface area contributed by atoms with E-state index in [1.807, 2.05) is 0 Å². The SMILES string of the molecule is N=C(c1ccc(F)c(Cl)c1)c1ncc(N2CCC3(CCCC3)CC2)nc1N. The highest BCUT2D eigenvalue weighted by molar-refractivity contribution is 6.31. The maximum atomic E-state index is 13.4. The molecule has 0 amide bonds. The highest BCUT2D eigenvalue weighted by atomic mass is 35.5. The van der Waals surface area contributed by atoms with Crippen LogP contribution < -0.4 is 10.6 Å². The number of piperidine rings is 1. The Bertz CT molecular complexity index is 869. The van der Waals surface area contributed by atoms with Gasteiger partial charge in [0.15, 0.2) is 5.82 Å². The molecule has 0 bridgehead atoms. The van der Waals surface area contributed by atoms with Crippen LogP contribution in [-0.4, -0.2) is 28.8 Å². The molecule has 1 aromatic carbocycles. The summed E-state index contributed by atoms with van der Waals surface area (Å²) in [6.07, 6.45) is 9.49. The van der Waals surface area contributed by atoms with Crippen LogP contribution in [0.2, 0.25) is 5.02 Å². The van der Waals surface area contributed by atoms with Crippen molar-refractivity contribution in [3.05, 3.63) is 46.5 Å². The minimum Gasteiger partial charge on any atom is -0.382 e. The Balaban J connectivity index is 1.51. The van der Waals surface area contributed by atoms with Crippen LogP contribution in [0.25, 0.3) is 0 Å². The number of hydrogen-bond acceptors (Lipinski definition) is 5. The zero-order valence-corrected chi connectivity index (χ0v) is 15.9. The van der Waals surface area contributed by atoms with Gasteiger partial charge in [0.25, 0.3) is 0 Å². The number of nitrogens with zero attached hydrogens (tertiary/aromatic N) is 3. The average molecular weight is 388 g/mol. The summed E-state index contributed by atoms with van der Waals surface area (Å²) < 4.78 is 13.4. The molecule has 0 unspecified atom stereocenters. The molecule has 5 nitrogen and oxygen atoms in total. The zero-order chi connectivity index (χ0) is 19.0. The van der Waals surface area contributed by atoms with Gasteiger partial charge in [0, 0.05) is 18.7 Å². The summed E-state index contributed by atoms with van der Waals surface area (Å²) in [5.41, 5.74) is 7.46. The number of benzene rings is 1. The summed E-state index contributed by atoms with van der Waals surface area (Å²) >= 11 is 5.82. The third-order valence-electron chi connectivity index (χ3n) is 6.04. The lowest BCUT2D eigenvalue weighted by molar-refractivity contribution is 0.226. The molecule has 4 rings (SSSR count). The van der Waals surface area contributed by atoms with E-state index in [9.17, 15) is 4.39 Å². The third-order valence-corrected chi connectivity index (χ3v) is 6.33. The van der Waals surface area contributed by atoms with Gasteiger partial charge in [0.1, 0.15) is 17.3 Å². The van der Waals surface area contributed by atoms with Crippen molar-refractivity contribution in [1.82, 2.24) is 9.97 Å². The maximum Gasteiger partial charge on any atom is 0.154 e. The van der Waals surface area contributed by atoms with E-state index in [2.05, 4.69) is 14.9 Å². The second-order valence-corrected chi connectivity index (χ2v) is 8.07. The lowest BCUT2D eigenvalue weighted by atomic mass is 9.77. The summed E-state index contributed by atoms with van der Waals surface area (Å²) in [4.78, 5) is 11.1. The van der Waals surface area contributed by atoms with Crippen molar-refractivity contribution in [2.75, 3.05) is 23.7 Å². The monoisotopic (exact) mass is 387 g/mol. The van der Waals surface area contributed by atoms with Gasteiger partial charge in [-0.1, -0.05) is 24.4 Å². The standard InChI is InChI=1S/C20H23ClFN5/c21-14-11-13(3-4-15(14)22)17(23)18-19(24)26-16(12-25-18)27-9-7-20(8-10-27)5-1-2-6-20/h3-4,11-12,23H,1-2,5-10H2,(H2,24,26). The van der Waals surface area contributed by atoms with Crippen molar-refractivity contribution in [2.24, 2.45) is 5.41 Å². The molecule has 1 aliphatic heterocycles. The van der Waals surface area contributed by atoms with Gasteiger partial charge >= 0.3 is 0 Å². The van der Waals surface area contributed by atoms with Crippen LogP contribution >= 0.6 is 11.6 Å². The molecule has 2 aliphatic rings. The first-order valence-electron chi connectivity index (χ1n) is 9.39. The number of hydrogen-bond donors (Lipinski definition) is 2. The molecule has 2 aromatic rings. The molecule has 3 N–H and O–H groups in total. The van der Waals surface area contributed by atoms with Crippen molar-refractivity contribution in [1.29, 1.82) is 5.41 Å². The van der Waals surface area contributed by atoms with Crippen molar-refractivity contribution in [3.63, 3.8) is 0 Å². The van der Waals surface area contributed by atoms with Crippen LogP contribution in [0, 0.1) is 16.6 Å². The molecule has 142 valence electrons. The Hall–Kier alpha value is -2.21. The van der Waals surface area contributed by atoms with E-state index in [1.165, 1.54) is 56.7 Å². The van der Waals surface area contributed by atoms with E-state index in [1.54, 1.807) is 6.20 Å². The molecule has 0 atom stereocenters. The fraction of sp³-hybridized carbons (Fsp3) is 0.450. The van der Waals surface area contributed by atoms with Gasteiger partial charge in [-0.15, -0.1) is 0 Å². The number of halogens is 2. The number of aromatic nitrogens is 2. The first-order chi connectivity index (χ1) is 13.0. The summed E-state index contributed by atoms with van der Waals surface area (Å²) in [5, 5.41) is 8.29. The molecular weight excluding hydrogens is 365 g/mol. The number of nitrogen functional groups attached to an aromatic ring is 1. The quantitative estimate of drug-likeness (QED) is 0.763. The summed E-state index contributed by atoms with van der Waals surface area (Å²) in [6, 6.07) is 4.13. The molecule has 1 aromatic heterocycles. The lowest BCUT2D eigenvalue weighted by Crippen LogP contribution is -2.39. The summed E-state index contributed by atoms with van der Waals surface area (Å²) in [5.74, 6) is 0.445. The average Bonchev–Trinajstić information content (AvgIpc) is 3.12. The van der Waals surface area contributed by atoms with Crippen LogP contribution in [0.15, 0.2) is 24.4 Å². The molecule has 2 heterocycles. The molecule has 27 heavy (non-hydrogen) atoms. The predicted molar refractivity (Wildman–Crippen MR) is 106 cm³/mol. The van der Waals surface area contributed by atoms with Crippen LogP contribution in [0.4, 0.5) is 16.0 Å². The Morgan fingerprint density at radius 2 is 1.89 bits per heavy atom. The van der Waals surface area contributed by atoms with Crippen LogP contribution in [-0.2, 0) is 0 Å². The molecule has 1 saturated carbocycles. The van der Waals surface area contributed by atoms with Gasteiger partial charge in [-0.2, -0.15) is 0 Å². The van der Waals surface area contributed by atoms with E-state index in [0.29, 0.717) is 11.0 Å². The fourth-order valence-electron chi connectivity index (χ4n) is 4.36. The maximum absolute atomic E-state index is 13.4. The number of rotatable bonds is 3. The minimum absolute atomic E-state index is 0.0328. The van der Waals surface area contributed by atoms with E-state index >= 15 is 0 Å². The molecule has 1 spiro atoms. The zero-order valence-electron chi connectivity index (χ0n) is 15.1. The third kappa shape index (κ3) is 3.50. The molecule has 1 saturated heterocycles. The molecule has 1 aliphatic carbocycles. The van der Waals surface area contributed by atoms with E-state index in [0.717, 1.165) is 18.9 Å². The van der Waals surface area contributed by atoms with Crippen LogP contribution in [0.1, 0.15) is 49.8 Å². The van der Waals surface area contributed by atoms with Gasteiger partial charge in [-0.05, 0) is 49.3 Å². The van der Waals surface area contributed by atoms with Crippen molar-refractivity contribution < 1.29 is 4.39 Å². The first-order valence-corrected chi connectivity index (χ1v) is 9.77. The predicted octanol–water partition coefficient (Wildman–Crippen LogP) is 4.43. The van der Waals surface area contributed by atoms with Gasteiger partial charge in [-0.25, -0.2) is 14.4 Å². The lowest BCUT2D eigenvalue weighted by Gasteiger charge is -2.39. The summed E-state index contributed by atoms with van der Waals surface area (Å²) in [6.45, 7) is 1.94. The smallest absolute Gasteiger partial charge is 0.154 e. The fourth-order valence-corrected chi connectivity index (χ4v) is 4.54. The Morgan fingerprint density at radius 3 is 2.52 bits per heavy atom. The molecule has 2 fully saturated rings. The van der Waals surface area contributed by atoms with E-state index in [-0.39, 0.29) is 22.2 Å². The van der Waals surface area contributed by atoms with Gasteiger partial charge < -0.3 is 10.6 Å².